The molecule has 0 amide bonds. The second kappa shape index (κ2) is 5.36. The Hall–Kier alpha value is -1.50. The summed E-state index contributed by atoms with van der Waals surface area (Å²) in [6.07, 6.45) is 0.189. The Morgan fingerprint density at radius 3 is 2.76 bits per heavy atom. The van der Waals surface area contributed by atoms with Crippen molar-refractivity contribution in [2.75, 3.05) is 36.8 Å². The topological polar surface area (TPSA) is 45.4 Å². The molecule has 0 spiro atoms. The Balaban J connectivity index is 1.83. The Morgan fingerprint density at radius 1 is 1.19 bits per heavy atom. The van der Waals surface area contributed by atoms with Gasteiger partial charge in [0.15, 0.2) is 0 Å². The summed E-state index contributed by atoms with van der Waals surface area (Å²) in [5.74, 6) is 0. The first-order valence-corrected chi connectivity index (χ1v) is 7.27. The highest BCUT2D eigenvalue weighted by Crippen LogP contribution is 2.34. The normalized spacial score (nSPS) is 24.0. The lowest BCUT2D eigenvalue weighted by Crippen LogP contribution is -2.55. The minimum absolute atomic E-state index is 0.312. The third kappa shape index (κ3) is 2.92. The minimum atomic E-state index is -4.44. The summed E-state index contributed by atoms with van der Waals surface area (Å²) in [5.41, 5.74) is 5.74. The average molecular weight is 300 g/mol. The van der Waals surface area contributed by atoms with Gasteiger partial charge < -0.3 is 10.6 Å². The van der Waals surface area contributed by atoms with Crippen molar-refractivity contribution in [3.63, 3.8) is 0 Å². The van der Waals surface area contributed by atoms with Crippen molar-refractivity contribution >= 4 is 11.4 Å². The summed E-state index contributed by atoms with van der Waals surface area (Å²) in [5, 5.41) is 0. The number of nitrogen functional groups attached to an aromatic ring is 1. The van der Waals surface area contributed by atoms with Crippen molar-refractivity contribution in [3.05, 3.63) is 18.0 Å². The number of nitrogens with zero attached hydrogens (tertiary/aromatic N) is 3. The number of piperazine rings is 1. The van der Waals surface area contributed by atoms with Crippen LogP contribution in [0.1, 0.15) is 25.0 Å². The molecule has 0 aliphatic carbocycles. The number of pyridine rings is 1. The fourth-order valence-corrected chi connectivity index (χ4v) is 3.26. The summed E-state index contributed by atoms with van der Waals surface area (Å²) in [6, 6.07) is 1.50. The van der Waals surface area contributed by atoms with Crippen LogP contribution in [0.4, 0.5) is 24.5 Å². The van der Waals surface area contributed by atoms with Crippen LogP contribution >= 0.6 is 0 Å². The molecule has 1 unspecified atom stereocenters. The molecule has 0 saturated carbocycles. The molecule has 2 saturated heterocycles. The van der Waals surface area contributed by atoms with Gasteiger partial charge in [-0.05, 0) is 25.5 Å². The maximum absolute atomic E-state index is 12.8. The predicted octanol–water partition coefficient (Wildman–Crippen LogP) is 2.36. The van der Waals surface area contributed by atoms with E-state index < -0.39 is 11.9 Å². The lowest BCUT2D eigenvalue weighted by atomic mass is 9.99. The Morgan fingerprint density at radius 2 is 2.00 bits per heavy atom. The fourth-order valence-electron chi connectivity index (χ4n) is 3.26. The van der Waals surface area contributed by atoms with Gasteiger partial charge in [-0.15, -0.1) is 0 Å². The standard InChI is InChI=1S/C14H19F3N4/c15-14(16,17)13-7-12(11(18)8-19-13)21-6-5-20-4-2-1-3-10(20)9-21/h7-8,10H,1-6,9,18H2. The molecule has 4 nitrogen and oxygen atoms in total. The molecule has 0 bridgehead atoms. The van der Waals surface area contributed by atoms with E-state index in [9.17, 15) is 13.2 Å². The van der Waals surface area contributed by atoms with Crippen LogP contribution < -0.4 is 10.6 Å². The SMILES string of the molecule is Nc1cnc(C(F)(F)F)cc1N1CCN2CCCCC2C1. The van der Waals surface area contributed by atoms with Crippen LogP contribution in [0.5, 0.6) is 0 Å². The van der Waals surface area contributed by atoms with Gasteiger partial charge in [0.1, 0.15) is 5.69 Å². The molecule has 21 heavy (non-hydrogen) atoms. The van der Waals surface area contributed by atoms with E-state index in [2.05, 4.69) is 9.88 Å². The van der Waals surface area contributed by atoms with Gasteiger partial charge in [0, 0.05) is 25.7 Å². The second-order valence-corrected chi connectivity index (χ2v) is 5.76. The van der Waals surface area contributed by atoms with E-state index in [0.29, 0.717) is 24.0 Å². The van der Waals surface area contributed by atoms with E-state index in [4.69, 9.17) is 5.73 Å². The summed E-state index contributed by atoms with van der Waals surface area (Å²) in [4.78, 5) is 7.80. The molecule has 2 fully saturated rings. The lowest BCUT2D eigenvalue weighted by molar-refractivity contribution is -0.141. The highest BCUT2D eigenvalue weighted by atomic mass is 19.4. The summed E-state index contributed by atoms with van der Waals surface area (Å²) < 4.78 is 38.4. The smallest absolute Gasteiger partial charge is 0.396 e. The van der Waals surface area contributed by atoms with Crippen LogP contribution in [-0.4, -0.2) is 42.1 Å². The van der Waals surface area contributed by atoms with Gasteiger partial charge >= 0.3 is 6.18 Å². The number of fused-ring (bicyclic) bond motifs is 1. The zero-order valence-electron chi connectivity index (χ0n) is 11.7. The number of halogens is 3. The molecule has 0 radical (unpaired) electrons. The molecule has 3 heterocycles. The Labute approximate surface area is 121 Å². The van der Waals surface area contributed by atoms with Crippen molar-refractivity contribution in [2.45, 2.75) is 31.5 Å². The number of hydrogen-bond donors (Lipinski definition) is 1. The van der Waals surface area contributed by atoms with Crippen LogP contribution in [0.25, 0.3) is 0 Å². The number of alkyl halides is 3. The number of hydrogen-bond acceptors (Lipinski definition) is 4. The Bertz CT molecular complexity index is 517. The van der Waals surface area contributed by atoms with E-state index in [-0.39, 0.29) is 0 Å². The first-order valence-electron chi connectivity index (χ1n) is 7.27. The molecule has 1 aromatic heterocycles. The van der Waals surface area contributed by atoms with Crippen molar-refractivity contribution in [1.29, 1.82) is 0 Å². The van der Waals surface area contributed by atoms with Gasteiger partial charge in [-0.2, -0.15) is 13.2 Å². The monoisotopic (exact) mass is 300 g/mol. The molecule has 1 atom stereocenters. The van der Waals surface area contributed by atoms with Crippen LogP contribution in [0, 0.1) is 0 Å². The maximum atomic E-state index is 12.8. The molecule has 3 rings (SSSR count). The average Bonchev–Trinajstić information content (AvgIpc) is 2.46. The number of piperidine rings is 1. The fraction of sp³-hybridized carbons (Fsp3) is 0.643. The number of nitrogens with two attached hydrogens (primary N) is 1. The molecule has 2 N–H and O–H groups in total. The van der Waals surface area contributed by atoms with E-state index >= 15 is 0 Å². The highest BCUT2D eigenvalue weighted by molar-refractivity contribution is 5.67. The Kier molecular flexibility index (Phi) is 3.69. The molecular formula is C14H19F3N4. The first kappa shape index (κ1) is 14.4. The number of anilines is 2. The van der Waals surface area contributed by atoms with E-state index in [1.807, 2.05) is 4.90 Å². The minimum Gasteiger partial charge on any atom is -0.396 e. The summed E-state index contributed by atoms with van der Waals surface area (Å²) in [6.45, 7) is 3.43. The van der Waals surface area contributed by atoms with Crippen LogP contribution in [0.15, 0.2) is 12.3 Å². The second-order valence-electron chi connectivity index (χ2n) is 5.76. The first-order chi connectivity index (χ1) is 9.95. The zero-order chi connectivity index (χ0) is 15.0. The van der Waals surface area contributed by atoms with Crippen molar-refractivity contribution in [1.82, 2.24) is 9.88 Å². The van der Waals surface area contributed by atoms with Crippen molar-refractivity contribution in [3.8, 4) is 0 Å². The van der Waals surface area contributed by atoms with Gasteiger partial charge in [0.2, 0.25) is 0 Å². The van der Waals surface area contributed by atoms with E-state index in [1.165, 1.54) is 12.8 Å². The summed E-state index contributed by atoms with van der Waals surface area (Å²) >= 11 is 0. The van der Waals surface area contributed by atoms with Gasteiger partial charge in [-0.25, -0.2) is 4.98 Å². The molecule has 0 aromatic carbocycles. The van der Waals surface area contributed by atoms with Crippen LogP contribution in [-0.2, 0) is 6.18 Å². The van der Waals surface area contributed by atoms with Gasteiger partial charge in [0.25, 0.3) is 0 Å². The third-order valence-electron chi connectivity index (χ3n) is 4.38. The third-order valence-corrected chi connectivity index (χ3v) is 4.38. The van der Waals surface area contributed by atoms with Gasteiger partial charge in [0.05, 0.1) is 17.6 Å². The molecular weight excluding hydrogens is 281 g/mol. The van der Waals surface area contributed by atoms with E-state index in [1.54, 1.807) is 0 Å². The van der Waals surface area contributed by atoms with Crippen LogP contribution in [0.2, 0.25) is 0 Å². The largest absolute Gasteiger partial charge is 0.433 e. The maximum Gasteiger partial charge on any atom is 0.433 e. The van der Waals surface area contributed by atoms with Gasteiger partial charge in [-0.1, -0.05) is 6.42 Å². The van der Waals surface area contributed by atoms with Crippen molar-refractivity contribution in [2.24, 2.45) is 0 Å². The number of rotatable bonds is 1. The molecule has 1 aromatic rings. The quantitative estimate of drug-likeness (QED) is 0.865. The van der Waals surface area contributed by atoms with Gasteiger partial charge in [-0.3, -0.25) is 4.90 Å². The van der Waals surface area contributed by atoms with Crippen LogP contribution in [0.3, 0.4) is 0 Å². The summed E-state index contributed by atoms with van der Waals surface area (Å²) in [7, 11) is 0. The number of aromatic nitrogens is 1. The predicted molar refractivity (Wildman–Crippen MR) is 75.1 cm³/mol. The highest BCUT2D eigenvalue weighted by Gasteiger charge is 2.35. The molecule has 116 valence electrons. The van der Waals surface area contributed by atoms with Crippen molar-refractivity contribution < 1.29 is 13.2 Å². The molecule has 2 aliphatic heterocycles. The lowest BCUT2D eigenvalue weighted by Gasteiger charge is -2.45. The molecule has 7 heteroatoms. The van der Waals surface area contributed by atoms with E-state index in [0.717, 1.165) is 38.3 Å². The molecule has 2 aliphatic rings. The zero-order valence-corrected chi connectivity index (χ0v) is 11.7.